The molecule has 2 fully saturated rings. The fourth-order valence-electron chi connectivity index (χ4n) is 3.34. The van der Waals surface area contributed by atoms with Crippen molar-refractivity contribution in [2.24, 2.45) is 0 Å². The summed E-state index contributed by atoms with van der Waals surface area (Å²) in [6.07, 6.45) is -0.256. The van der Waals surface area contributed by atoms with E-state index in [9.17, 15) is 9.59 Å². The van der Waals surface area contributed by atoms with Gasteiger partial charge in [-0.2, -0.15) is 0 Å². The van der Waals surface area contributed by atoms with E-state index in [1.165, 1.54) is 23.5 Å². The zero-order valence-electron chi connectivity index (χ0n) is 16.7. The van der Waals surface area contributed by atoms with Gasteiger partial charge in [0.15, 0.2) is 0 Å². The van der Waals surface area contributed by atoms with Gasteiger partial charge >= 0.3 is 0 Å². The Morgan fingerprint density at radius 2 is 1.97 bits per heavy atom. The van der Waals surface area contributed by atoms with Crippen LogP contribution in [-0.4, -0.2) is 45.9 Å². The standard InChI is InChI=1S/C21H22N4O3S3/c1-28-15-9-7-13(8-10-15)11-22-16(26)12-30-20-23-18-17(19(27)24-20)31-21(29)25(18)14-5-3-2-4-6-14/h2-10,17-18,20,23H,11-12H2,1H3,(H,22,26)(H,24,27). The van der Waals surface area contributed by atoms with Gasteiger partial charge < -0.3 is 20.3 Å². The highest BCUT2D eigenvalue weighted by Crippen LogP contribution is 2.37. The molecule has 31 heavy (non-hydrogen) atoms. The monoisotopic (exact) mass is 474 g/mol. The zero-order valence-corrected chi connectivity index (χ0v) is 19.2. The van der Waals surface area contributed by atoms with Crippen LogP contribution < -0.4 is 25.6 Å². The van der Waals surface area contributed by atoms with Gasteiger partial charge in [-0.3, -0.25) is 14.9 Å². The Labute approximate surface area is 194 Å². The zero-order chi connectivity index (χ0) is 21.8. The topological polar surface area (TPSA) is 82.7 Å². The highest BCUT2D eigenvalue weighted by Gasteiger charge is 2.47. The van der Waals surface area contributed by atoms with Crippen LogP contribution in [-0.2, 0) is 16.1 Å². The molecule has 2 amide bonds. The number of carbonyl (C=O) groups is 2. The van der Waals surface area contributed by atoms with E-state index in [4.69, 9.17) is 17.0 Å². The third-order valence-corrected chi connectivity index (χ3v) is 7.53. The first-order valence-electron chi connectivity index (χ1n) is 9.68. The number of amides is 2. The van der Waals surface area contributed by atoms with Crippen LogP contribution in [0.1, 0.15) is 5.56 Å². The summed E-state index contributed by atoms with van der Waals surface area (Å²) in [5.74, 6) is 0.812. The molecule has 2 heterocycles. The van der Waals surface area contributed by atoms with Crippen LogP contribution in [0.4, 0.5) is 5.69 Å². The molecule has 0 bridgehead atoms. The van der Waals surface area contributed by atoms with E-state index < -0.39 is 0 Å². The van der Waals surface area contributed by atoms with E-state index in [2.05, 4.69) is 16.0 Å². The molecule has 10 heteroatoms. The van der Waals surface area contributed by atoms with Crippen molar-refractivity contribution in [2.75, 3.05) is 17.8 Å². The van der Waals surface area contributed by atoms with E-state index in [0.717, 1.165) is 17.0 Å². The molecule has 2 aromatic carbocycles. The number of benzene rings is 2. The second-order valence-electron chi connectivity index (χ2n) is 6.95. The summed E-state index contributed by atoms with van der Waals surface area (Å²) in [7, 11) is 1.62. The lowest BCUT2D eigenvalue weighted by molar-refractivity contribution is -0.123. The molecule has 3 N–H and O–H groups in total. The Morgan fingerprint density at radius 3 is 2.68 bits per heavy atom. The fourth-order valence-corrected chi connectivity index (χ4v) is 5.78. The number of fused-ring (bicyclic) bond motifs is 1. The minimum Gasteiger partial charge on any atom is -0.497 e. The third kappa shape index (κ3) is 5.15. The number of nitrogens with zero attached hydrogens (tertiary/aromatic N) is 1. The van der Waals surface area contributed by atoms with Crippen molar-refractivity contribution >= 4 is 57.6 Å². The van der Waals surface area contributed by atoms with Gasteiger partial charge in [0.1, 0.15) is 27.0 Å². The molecule has 7 nitrogen and oxygen atoms in total. The number of rotatable bonds is 7. The lowest BCUT2D eigenvalue weighted by Crippen LogP contribution is -2.64. The van der Waals surface area contributed by atoms with Crippen LogP contribution in [0.25, 0.3) is 0 Å². The first-order valence-corrected chi connectivity index (χ1v) is 12.0. The summed E-state index contributed by atoms with van der Waals surface area (Å²) in [5.41, 5.74) is 1.55. The Kier molecular flexibility index (Phi) is 7.01. The van der Waals surface area contributed by atoms with Crippen LogP contribution >= 0.6 is 35.7 Å². The first kappa shape index (κ1) is 21.9. The van der Waals surface area contributed by atoms with Crippen LogP contribution in [0.5, 0.6) is 5.75 Å². The van der Waals surface area contributed by atoms with E-state index >= 15 is 0 Å². The molecule has 0 spiro atoms. The van der Waals surface area contributed by atoms with Crippen LogP contribution in [0.3, 0.4) is 0 Å². The molecule has 2 aliphatic rings. The summed E-state index contributed by atoms with van der Waals surface area (Å²) >= 11 is 8.25. The van der Waals surface area contributed by atoms with Crippen molar-refractivity contribution in [1.82, 2.24) is 16.0 Å². The molecule has 0 saturated carbocycles. The highest BCUT2D eigenvalue weighted by atomic mass is 32.2. The lowest BCUT2D eigenvalue weighted by atomic mass is 10.2. The predicted molar refractivity (Wildman–Crippen MR) is 129 cm³/mol. The SMILES string of the molecule is COc1ccc(CNC(=O)CSC2NC(=O)C3SC(=S)N(c4ccccc4)C3N2)cc1. The van der Waals surface area contributed by atoms with Gasteiger partial charge in [-0.1, -0.05) is 54.3 Å². The van der Waals surface area contributed by atoms with Crippen molar-refractivity contribution in [3.8, 4) is 5.75 Å². The van der Waals surface area contributed by atoms with Gasteiger partial charge in [0.05, 0.1) is 12.9 Å². The fraction of sp³-hybridized carbons (Fsp3) is 0.286. The normalized spacial score (nSPS) is 22.6. The van der Waals surface area contributed by atoms with Crippen molar-refractivity contribution < 1.29 is 14.3 Å². The van der Waals surface area contributed by atoms with E-state index in [-0.39, 0.29) is 34.5 Å². The van der Waals surface area contributed by atoms with E-state index in [1.54, 1.807) is 7.11 Å². The van der Waals surface area contributed by atoms with Crippen LogP contribution in [0.2, 0.25) is 0 Å². The maximum atomic E-state index is 12.6. The highest BCUT2D eigenvalue weighted by molar-refractivity contribution is 8.24. The number of hydrogen-bond donors (Lipinski definition) is 3. The number of anilines is 1. The smallest absolute Gasteiger partial charge is 0.238 e. The molecular formula is C21H22N4O3S3. The summed E-state index contributed by atoms with van der Waals surface area (Å²) in [5, 5.41) is 8.93. The number of nitrogens with one attached hydrogen (secondary N) is 3. The molecule has 0 aromatic heterocycles. The number of thiocarbonyl (C=S) groups is 1. The number of methoxy groups -OCH3 is 1. The van der Waals surface area contributed by atoms with Crippen molar-refractivity contribution in [3.05, 3.63) is 60.2 Å². The molecule has 2 aromatic rings. The molecule has 3 unspecified atom stereocenters. The largest absolute Gasteiger partial charge is 0.497 e. The second kappa shape index (κ2) is 9.90. The molecular weight excluding hydrogens is 452 g/mol. The van der Waals surface area contributed by atoms with E-state index in [1.807, 2.05) is 59.5 Å². The predicted octanol–water partition coefficient (Wildman–Crippen LogP) is 2.28. The third-order valence-electron chi connectivity index (χ3n) is 4.91. The van der Waals surface area contributed by atoms with Gasteiger partial charge in [0.25, 0.3) is 0 Å². The quantitative estimate of drug-likeness (QED) is 0.528. The minimum absolute atomic E-state index is 0.0781. The summed E-state index contributed by atoms with van der Waals surface area (Å²) in [6.45, 7) is 0.436. The maximum absolute atomic E-state index is 12.6. The first-order chi connectivity index (χ1) is 15.0. The number of thioether (sulfide) groups is 2. The Morgan fingerprint density at radius 1 is 1.23 bits per heavy atom. The molecule has 3 atom stereocenters. The van der Waals surface area contributed by atoms with Gasteiger partial charge in [-0.15, -0.1) is 11.8 Å². The van der Waals surface area contributed by atoms with E-state index in [0.29, 0.717) is 10.9 Å². The summed E-state index contributed by atoms with van der Waals surface area (Å²) in [6, 6.07) is 17.3. The maximum Gasteiger partial charge on any atom is 0.238 e. The van der Waals surface area contributed by atoms with Gasteiger partial charge in [0.2, 0.25) is 11.8 Å². The molecule has 4 rings (SSSR count). The number of hydrogen-bond acceptors (Lipinski definition) is 7. The molecule has 2 saturated heterocycles. The molecule has 0 aliphatic carbocycles. The average molecular weight is 475 g/mol. The Balaban J connectivity index is 1.31. The lowest BCUT2D eigenvalue weighted by Gasteiger charge is -2.36. The van der Waals surface area contributed by atoms with Crippen molar-refractivity contribution in [1.29, 1.82) is 0 Å². The van der Waals surface area contributed by atoms with Gasteiger partial charge in [-0.05, 0) is 29.8 Å². The molecule has 2 aliphatic heterocycles. The van der Waals surface area contributed by atoms with Crippen molar-refractivity contribution in [2.45, 2.75) is 23.5 Å². The second-order valence-corrected chi connectivity index (χ2v) is 9.81. The van der Waals surface area contributed by atoms with Crippen LogP contribution in [0, 0.1) is 0 Å². The molecule has 162 valence electrons. The number of ether oxygens (including phenoxy) is 1. The Hall–Kier alpha value is -2.27. The summed E-state index contributed by atoms with van der Waals surface area (Å²) < 4.78 is 5.80. The number of para-hydroxylation sites is 1. The number of carbonyl (C=O) groups excluding carboxylic acids is 2. The summed E-state index contributed by atoms with van der Waals surface area (Å²) in [4.78, 5) is 26.9. The Bertz CT molecular complexity index is 958. The van der Waals surface area contributed by atoms with Crippen LogP contribution in [0.15, 0.2) is 54.6 Å². The van der Waals surface area contributed by atoms with Gasteiger partial charge in [0, 0.05) is 12.2 Å². The average Bonchev–Trinajstić information content (AvgIpc) is 3.13. The minimum atomic E-state index is -0.381. The van der Waals surface area contributed by atoms with Crippen molar-refractivity contribution in [3.63, 3.8) is 0 Å². The van der Waals surface area contributed by atoms with Gasteiger partial charge in [-0.25, -0.2) is 0 Å². The molecule has 0 radical (unpaired) electrons.